The van der Waals surface area contributed by atoms with Gasteiger partial charge in [0, 0.05) is 16.8 Å². The number of hydrogen-bond acceptors (Lipinski definition) is 4. The quantitative estimate of drug-likeness (QED) is 0.540. The lowest BCUT2D eigenvalue weighted by atomic mass is 9.94. The molecule has 3 aromatic rings. The van der Waals surface area contributed by atoms with Gasteiger partial charge >= 0.3 is 5.63 Å². The van der Waals surface area contributed by atoms with Crippen molar-refractivity contribution in [3.8, 4) is 11.5 Å². The third-order valence-electron chi connectivity index (χ3n) is 3.88. The summed E-state index contributed by atoms with van der Waals surface area (Å²) in [6.07, 6.45) is 0. The number of ether oxygens (including phenoxy) is 2. The van der Waals surface area contributed by atoms with Crippen LogP contribution in [-0.4, -0.2) is 14.2 Å². The van der Waals surface area contributed by atoms with Crippen LogP contribution in [0.4, 0.5) is 0 Å². The van der Waals surface area contributed by atoms with Crippen molar-refractivity contribution in [1.29, 1.82) is 0 Å². The molecule has 22 heavy (non-hydrogen) atoms. The van der Waals surface area contributed by atoms with Crippen molar-refractivity contribution in [3.63, 3.8) is 0 Å². The van der Waals surface area contributed by atoms with Gasteiger partial charge in [-0.3, -0.25) is 0 Å². The van der Waals surface area contributed by atoms with Crippen molar-refractivity contribution in [2.75, 3.05) is 14.2 Å². The van der Waals surface area contributed by atoms with Crippen LogP contribution in [0.5, 0.6) is 11.5 Å². The zero-order valence-corrected chi connectivity index (χ0v) is 13.1. The van der Waals surface area contributed by atoms with Gasteiger partial charge in [0.1, 0.15) is 17.1 Å². The lowest BCUT2D eigenvalue weighted by Crippen LogP contribution is -2.03. The van der Waals surface area contributed by atoms with Gasteiger partial charge in [-0.1, -0.05) is 19.9 Å². The van der Waals surface area contributed by atoms with Crippen LogP contribution >= 0.6 is 0 Å². The molecule has 0 unspecified atom stereocenters. The molecule has 0 fully saturated rings. The predicted molar refractivity (Wildman–Crippen MR) is 87.2 cm³/mol. The van der Waals surface area contributed by atoms with E-state index >= 15 is 0 Å². The summed E-state index contributed by atoms with van der Waals surface area (Å²) in [4.78, 5) is 12.3. The van der Waals surface area contributed by atoms with Gasteiger partial charge in [0.2, 0.25) is 0 Å². The highest BCUT2D eigenvalue weighted by Crippen LogP contribution is 2.37. The maximum Gasteiger partial charge on any atom is 0.344 e. The fourth-order valence-electron chi connectivity index (χ4n) is 2.82. The number of hydrogen-bond donors (Lipinski definition) is 0. The van der Waals surface area contributed by atoms with Gasteiger partial charge in [-0.25, -0.2) is 4.79 Å². The Morgan fingerprint density at radius 3 is 2.45 bits per heavy atom. The first kappa shape index (κ1) is 14.4. The number of methoxy groups -OCH3 is 2. The average molecular weight is 298 g/mol. The van der Waals surface area contributed by atoms with Gasteiger partial charge in [-0.15, -0.1) is 0 Å². The molecule has 0 bridgehead atoms. The van der Waals surface area contributed by atoms with E-state index in [1.54, 1.807) is 32.4 Å². The fraction of sp³-hybridized carbons (Fsp3) is 0.278. The summed E-state index contributed by atoms with van der Waals surface area (Å²) < 4.78 is 16.3. The van der Waals surface area contributed by atoms with Gasteiger partial charge in [0.15, 0.2) is 0 Å². The van der Waals surface area contributed by atoms with Crippen LogP contribution < -0.4 is 15.1 Å². The Morgan fingerprint density at radius 1 is 1.05 bits per heavy atom. The molecule has 114 valence electrons. The summed E-state index contributed by atoms with van der Waals surface area (Å²) in [5, 5.41) is 2.23. The molecule has 0 atom stereocenters. The Kier molecular flexibility index (Phi) is 3.53. The van der Waals surface area contributed by atoms with Gasteiger partial charge in [0.25, 0.3) is 0 Å². The minimum Gasteiger partial charge on any atom is -0.497 e. The highest BCUT2D eigenvalue weighted by molar-refractivity contribution is 6.09. The van der Waals surface area contributed by atoms with Gasteiger partial charge in [-0.2, -0.15) is 0 Å². The van der Waals surface area contributed by atoms with Gasteiger partial charge in [-0.05, 0) is 29.7 Å². The maximum absolute atomic E-state index is 12.3. The summed E-state index contributed by atoms with van der Waals surface area (Å²) in [6.45, 7) is 4.20. The van der Waals surface area contributed by atoms with Crippen molar-refractivity contribution in [2.24, 2.45) is 0 Å². The van der Waals surface area contributed by atoms with E-state index in [1.165, 1.54) is 0 Å². The molecule has 1 heterocycles. The first-order chi connectivity index (χ1) is 10.6. The van der Waals surface area contributed by atoms with Crippen LogP contribution in [-0.2, 0) is 0 Å². The van der Waals surface area contributed by atoms with E-state index in [0.29, 0.717) is 22.5 Å². The summed E-state index contributed by atoms with van der Waals surface area (Å²) in [6, 6.07) is 9.14. The number of fused-ring (bicyclic) bond motifs is 3. The molecule has 0 N–H and O–H groups in total. The molecule has 0 amide bonds. The zero-order valence-electron chi connectivity index (χ0n) is 13.1. The first-order valence-corrected chi connectivity index (χ1v) is 7.18. The smallest absolute Gasteiger partial charge is 0.344 e. The van der Waals surface area contributed by atoms with Crippen LogP contribution in [0.2, 0.25) is 0 Å². The van der Waals surface area contributed by atoms with E-state index in [-0.39, 0.29) is 11.5 Å². The van der Waals surface area contributed by atoms with Crippen molar-refractivity contribution >= 4 is 21.7 Å². The maximum atomic E-state index is 12.3. The lowest BCUT2D eigenvalue weighted by molar-refractivity contribution is 0.413. The normalized spacial score (nSPS) is 11.3. The SMILES string of the molecule is COc1cc(C(C)C)c2c(c1)oc(=O)c1cccc(OC)c12. The third-order valence-corrected chi connectivity index (χ3v) is 3.88. The van der Waals surface area contributed by atoms with Crippen molar-refractivity contribution < 1.29 is 13.9 Å². The Morgan fingerprint density at radius 2 is 1.82 bits per heavy atom. The molecule has 0 spiro atoms. The molecule has 1 aromatic heterocycles. The molecule has 2 aromatic carbocycles. The molecule has 0 radical (unpaired) electrons. The third kappa shape index (κ3) is 2.11. The minimum absolute atomic E-state index is 0.249. The van der Waals surface area contributed by atoms with E-state index in [4.69, 9.17) is 13.9 Å². The first-order valence-electron chi connectivity index (χ1n) is 7.18. The van der Waals surface area contributed by atoms with Crippen LogP contribution in [0.1, 0.15) is 25.3 Å². The predicted octanol–water partition coefficient (Wildman–Crippen LogP) is 4.09. The summed E-state index contributed by atoms with van der Waals surface area (Å²) in [5.74, 6) is 1.59. The standard InChI is InChI=1S/C18H18O4/c1-10(2)13-8-11(20-3)9-15-17(13)16-12(18(19)22-15)6-5-7-14(16)21-4/h5-10H,1-4H3. The number of benzene rings is 2. The second-order valence-corrected chi connectivity index (χ2v) is 5.52. The van der Waals surface area contributed by atoms with E-state index in [2.05, 4.69) is 13.8 Å². The molecule has 4 nitrogen and oxygen atoms in total. The highest BCUT2D eigenvalue weighted by atomic mass is 16.5. The van der Waals surface area contributed by atoms with E-state index in [0.717, 1.165) is 16.3 Å². The van der Waals surface area contributed by atoms with Crippen LogP contribution in [0.3, 0.4) is 0 Å². The molecule has 4 heteroatoms. The van der Waals surface area contributed by atoms with E-state index in [9.17, 15) is 4.79 Å². The molecular weight excluding hydrogens is 280 g/mol. The number of rotatable bonds is 3. The zero-order chi connectivity index (χ0) is 15.9. The topological polar surface area (TPSA) is 48.7 Å². The molecule has 0 saturated carbocycles. The Hall–Kier alpha value is -2.49. The van der Waals surface area contributed by atoms with E-state index in [1.807, 2.05) is 12.1 Å². The largest absolute Gasteiger partial charge is 0.497 e. The van der Waals surface area contributed by atoms with E-state index < -0.39 is 0 Å². The summed E-state index contributed by atoms with van der Waals surface area (Å²) in [5.41, 5.74) is 1.21. The van der Waals surface area contributed by atoms with Gasteiger partial charge < -0.3 is 13.9 Å². The van der Waals surface area contributed by atoms with Gasteiger partial charge in [0.05, 0.1) is 19.6 Å². The second-order valence-electron chi connectivity index (χ2n) is 5.52. The fourth-order valence-corrected chi connectivity index (χ4v) is 2.82. The molecule has 0 aliphatic rings. The minimum atomic E-state index is -0.371. The molecular formula is C18H18O4. The Labute approximate surface area is 128 Å². The summed E-state index contributed by atoms with van der Waals surface area (Å²) in [7, 11) is 3.21. The molecule has 3 rings (SSSR count). The Balaban J connectivity index is 2.62. The summed E-state index contributed by atoms with van der Waals surface area (Å²) >= 11 is 0. The lowest BCUT2D eigenvalue weighted by Gasteiger charge is -2.15. The Bertz CT molecular complexity index is 906. The van der Waals surface area contributed by atoms with Crippen molar-refractivity contribution in [2.45, 2.75) is 19.8 Å². The second kappa shape index (κ2) is 5.37. The molecule has 0 aliphatic heterocycles. The van der Waals surface area contributed by atoms with Crippen LogP contribution in [0.25, 0.3) is 21.7 Å². The van der Waals surface area contributed by atoms with Crippen molar-refractivity contribution in [1.82, 2.24) is 0 Å². The van der Waals surface area contributed by atoms with Crippen molar-refractivity contribution in [3.05, 3.63) is 46.3 Å². The molecule has 0 saturated heterocycles. The average Bonchev–Trinajstić information content (AvgIpc) is 2.53. The van der Waals surface area contributed by atoms with Crippen LogP contribution in [0.15, 0.2) is 39.5 Å². The highest BCUT2D eigenvalue weighted by Gasteiger charge is 2.17. The van der Waals surface area contributed by atoms with Crippen LogP contribution in [0, 0.1) is 0 Å². The monoisotopic (exact) mass is 298 g/mol. The molecule has 0 aliphatic carbocycles.